The molecule has 1 saturated heterocycles. The number of halogens is 1. The van der Waals surface area contributed by atoms with Crippen molar-refractivity contribution in [1.82, 2.24) is 5.32 Å². The number of hydrogen-bond acceptors (Lipinski definition) is 2. The summed E-state index contributed by atoms with van der Waals surface area (Å²) in [7, 11) is 0. The Morgan fingerprint density at radius 3 is 2.89 bits per heavy atom. The Morgan fingerprint density at radius 1 is 1.42 bits per heavy atom. The van der Waals surface area contributed by atoms with Gasteiger partial charge in [-0.15, -0.1) is 0 Å². The number of piperidine rings is 1. The molecule has 1 atom stereocenters. The van der Waals surface area contributed by atoms with Gasteiger partial charge in [0.2, 0.25) is 0 Å². The van der Waals surface area contributed by atoms with E-state index in [-0.39, 0.29) is 0 Å². The third kappa shape index (κ3) is 4.39. The van der Waals surface area contributed by atoms with Crippen molar-refractivity contribution in [3.63, 3.8) is 0 Å². The average Bonchev–Trinajstić information content (AvgIpc) is 2.41. The molecule has 1 fully saturated rings. The first-order valence-corrected chi connectivity index (χ1v) is 7.67. The van der Waals surface area contributed by atoms with E-state index in [1.807, 2.05) is 12.1 Å². The third-order valence-electron chi connectivity index (χ3n) is 3.81. The van der Waals surface area contributed by atoms with Gasteiger partial charge in [0.25, 0.3) is 0 Å². The molecule has 0 aliphatic carbocycles. The van der Waals surface area contributed by atoms with E-state index < -0.39 is 0 Å². The van der Waals surface area contributed by atoms with E-state index >= 15 is 0 Å². The number of ether oxygens (including phenoxy) is 1. The normalized spacial score (nSPS) is 19.7. The lowest BCUT2D eigenvalue weighted by atomic mass is 9.97. The summed E-state index contributed by atoms with van der Waals surface area (Å²) in [5.74, 6) is 2.07. The van der Waals surface area contributed by atoms with Gasteiger partial charge in [-0.05, 0) is 61.9 Å². The van der Waals surface area contributed by atoms with E-state index in [1.165, 1.54) is 24.9 Å². The molecule has 1 unspecified atom stereocenters. The van der Waals surface area contributed by atoms with Crippen molar-refractivity contribution in [3.8, 4) is 5.75 Å². The number of nitrogens with one attached hydrogen (secondary N) is 1. The van der Waals surface area contributed by atoms with Crippen LogP contribution in [0.15, 0.2) is 18.2 Å². The van der Waals surface area contributed by atoms with Crippen LogP contribution in [0.5, 0.6) is 5.75 Å². The second-order valence-electron chi connectivity index (χ2n) is 5.69. The van der Waals surface area contributed by atoms with Gasteiger partial charge in [0.15, 0.2) is 0 Å². The molecule has 0 saturated carbocycles. The molecule has 0 radical (unpaired) electrons. The van der Waals surface area contributed by atoms with Crippen molar-refractivity contribution in [3.05, 3.63) is 28.8 Å². The van der Waals surface area contributed by atoms with Crippen LogP contribution in [0.3, 0.4) is 0 Å². The molecule has 1 heterocycles. The maximum atomic E-state index is 6.26. The molecule has 0 aromatic heterocycles. The van der Waals surface area contributed by atoms with Gasteiger partial charge in [-0.25, -0.2) is 0 Å². The lowest BCUT2D eigenvalue weighted by molar-refractivity contribution is 0.254. The highest BCUT2D eigenvalue weighted by Gasteiger charge is 2.13. The van der Waals surface area contributed by atoms with Crippen LogP contribution < -0.4 is 10.1 Å². The van der Waals surface area contributed by atoms with Crippen molar-refractivity contribution in [1.29, 1.82) is 0 Å². The Morgan fingerprint density at radius 2 is 2.26 bits per heavy atom. The maximum Gasteiger partial charge on any atom is 0.137 e. The van der Waals surface area contributed by atoms with Crippen LogP contribution in [0.1, 0.15) is 44.6 Å². The van der Waals surface area contributed by atoms with Crippen molar-refractivity contribution >= 4 is 11.6 Å². The predicted molar refractivity (Wildman–Crippen MR) is 81.2 cm³/mol. The standard InChI is InChI=1S/C16H24ClNO/c1-12(2)14-5-6-16(15(17)10-14)19-9-7-13-4-3-8-18-11-13/h5-6,10,12-13,18H,3-4,7-9,11H2,1-2H3. The summed E-state index contributed by atoms with van der Waals surface area (Å²) in [4.78, 5) is 0. The first-order valence-electron chi connectivity index (χ1n) is 7.30. The van der Waals surface area contributed by atoms with Crippen LogP contribution in [-0.2, 0) is 0 Å². The molecule has 1 aliphatic heterocycles. The van der Waals surface area contributed by atoms with Gasteiger partial charge in [0.05, 0.1) is 11.6 Å². The SMILES string of the molecule is CC(C)c1ccc(OCCC2CCCNC2)c(Cl)c1. The fourth-order valence-electron chi connectivity index (χ4n) is 2.50. The number of hydrogen-bond donors (Lipinski definition) is 1. The lowest BCUT2D eigenvalue weighted by Crippen LogP contribution is -2.30. The summed E-state index contributed by atoms with van der Waals surface area (Å²) < 4.78 is 5.81. The molecule has 0 amide bonds. The van der Waals surface area contributed by atoms with Gasteiger partial charge >= 0.3 is 0 Å². The lowest BCUT2D eigenvalue weighted by Gasteiger charge is -2.22. The van der Waals surface area contributed by atoms with Crippen LogP contribution in [0.4, 0.5) is 0 Å². The van der Waals surface area contributed by atoms with Gasteiger partial charge in [-0.3, -0.25) is 0 Å². The Bertz CT molecular complexity index is 400. The van der Waals surface area contributed by atoms with E-state index in [2.05, 4.69) is 25.2 Å². The fourth-order valence-corrected chi connectivity index (χ4v) is 2.74. The molecule has 1 aromatic carbocycles. The Labute approximate surface area is 121 Å². The monoisotopic (exact) mass is 281 g/mol. The Kier molecular flexibility index (Phi) is 5.53. The molecule has 1 aromatic rings. The van der Waals surface area contributed by atoms with E-state index in [0.29, 0.717) is 5.92 Å². The largest absolute Gasteiger partial charge is 0.492 e. The predicted octanol–water partition coefficient (Wildman–Crippen LogP) is 4.23. The van der Waals surface area contributed by atoms with Crippen molar-refractivity contribution < 1.29 is 4.74 Å². The highest BCUT2D eigenvalue weighted by atomic mass is 35.5. The van der Waals surface area contributed by atoms with Crippen molar-refractivity contribution in [2.24, 2.45) is 5.92 Å². The molecule has 1 N–H and O–H groups in total. The minimum atomic E-state index is 0.500. The van der Waals surface area contributed by atoms with Gasteiger partial charge in [-0.2, -0.15) is 0 Å². The topological polar surface area (TPSA) is 21.3 Å². The Hall–Kier alpha value is -0.730. The van der Waals surface area contributed by atoms with Crippen LogP contribution in [0.2, 0.25) is 5.02 Å². The molecule has 3 heteroatoms. The molecule has 0 spiro atoms. The molecule has 2 nitrogen and oxygen atoms in total. The van der Waals surface area contributed by atoms with E-state index in [4.69, 9.17) is 16.3 Å². The first kappa shape index (κ1) is 14.7. The average molecular weight is 282 g/mol. The maximum absolute atomic E-state index is 6.26. The third-order valence-corrected chi connectivity index (χ3v) is 4.10. The second-order valence-corrected chi connectivity index (χ2v) is 6.10. The van der Waals surface area contributed by atoms with Crippen LogP contribution in [-0.4, -0.2) is 19.7 Å². The molecule has 106 valence electrons. The summed E-state index contributed by atoms with van der Waals surface area (Å²) in [5, 5.41) is 4.16. The highest BCUT2D eigenvalue weighted by Crippen LogP contribution is 2.28. The molecule has 2 rings (SSSR count). The van der Waals surface area contributed by atoms with Crippen LogP contribution in [0, 0.1) is 5.92 Å². The van der Waals surface area contributed by atoms with Crippen molar-refractivity contribution in [2.45, 2.75) is 39.0 Å². The van der Waals surface area contributed by atoms with Crippen LogP contribution >= 0.6 is 11.6 Å². The molecule has 19 heavy (non-hydrogen) atoms. The zero-order chi connectivity index (χ0) is 13.7. The number of benzene rings is 1. The number of rotatable bonds is 5. The van der Waals surface area contributed by atoms with E-state index in [1.54, 1.807) is 0 Å². The summed E-state index contributed by atoms with van der Waals surface area (Å²) in [6, 6.07) is 6.12. The smallest absolute Gasteiger partial charge is 0.137 e. The zero-order valence-electron chi connectivity index (χ0n) is 11.9. The summed E-state index contributed by atoms with van der Waals surface area (Å²) in [6.45, 7) is 7.39. The fraction of sp³-hybridized carbons (Fsp3) is 0.625. The van der Waals surface area contributed by atoms with Gasteiger partial charge in [-0.1, -0.05) is 31.5 Å². The summed E-state index contributed by atoms with van der Waals surface area (Å²) >= 11 is 6.26. The molecular weight excluding hydrogens is 258 g/mol. The second kappa shape index (κ2) is 7.16. The van der Waals surface area contributed by atoms with Gasteiger partial charge in [0, 0.05) is 0 Å². The first-order chi connectivity index (χ1) is 9.16. The van der Waals surface area contributed by atoms with E-state index in [0.717, 1.165) is 36.3 Å². The summed E-state index contributed by atoms with van der Waals surface area (Å²) in [6.07, 6.45) is 3.71. The van der Waals surface area contributed by atoms with Crippen molar-refractivity contribution in [2.75, 3.05) is 19.7 Å². The molecular formula is C16H24ClNO. The molecule has 0 bridgehead atoms. The van der Waals surface area contributed by atoms with Crippen LogP contribution in [0.25, 0.3) is 0 Å². The molecule has 1 aliphatic rings. The van der Waals surface area contributed by atoms with E-state index in [9.17, 15) is 0 Å². The van der Waals surface area contributed by atoms with Gasteiger partial charge in [0.1, 0.15) is 5.75 Å². The minimum Gasteiger partial charge on any atom is -0.492 e. The van der Waals surface area contributed by atoms with Gasteiger partial charge < -0.3 is 10.1 Å². The highest BCUT2D eigenvalue weighted by molar-refractivity contribution is 6.32. The zero-order valence-corrected chi connectivity index (χ0v) is 12.7. The quantitative estimate of drug-likeness (QED) is 0.872. The summed E-state index contributed by atoms with van der Waals surface area (Å²) in [5.41, 5.74) is 1.26. The Balaban J connectivity index is 1.82. The minimum absolute atomic E-state index is 0.500.